The zero-order valence-electron chi connectivity index (χ0n) is 13.4. The Bertz CT molecular complexity index is 754. The standard InChI is InChI=1S/C17H22N4S/c1-10-8-11(2)19-17-14(10)13-9-18-16(15(13)22-17)20-12-4-6-21(3)7-5-12/h8,12H,4-7,9H2,1-3H3,(H,18,20). The third-order valence-electron chi connectivity index (χ3n) is 4.76. The van der Waals surface area contributed by atoms with E-state index in [0.29, 0.717) is 6.04 Å². The fourth-order valence-corrected chi connectivity index (χ4v) is 4.82. The second-order valence-corrected chi connectivity index (χ2v) is 7.56. The molecule has 0 atom stereocenters. The molecule has 2 aromatic heterocycles. The first-order valence-electron chi connectivity index (χ1n) is 8.01. The Kier molecular flexibility index (Phi) is 3.42. The molecule has 0 saturated carbocycles. The van der Waals surface area contributed by atoms with Crippen molar-refractivity contribution in [3.05, 3.63) is 27.8 Å². The molecule has 1 saturated heterocycles. The predicted octanol–water partition coefficient (Wildman–Crippen LogP) is 2.86. The molecule has 0 radical (unpaired) electrons. The summed E-state index contributed by atoms with van der Waals surface area (Å²) in [5.74, 6) is 1.10. The predicted molar refractivity (Wildman–Crippen MR) is 93.0 cm³/mol. The van der Waals surface area contributed by atoms with Crippen LogP contribution in [0.25, 0.3) is 10.2 Å². The topological polar surface area (TPSA) is 40.5 Å². The lowest BCUT2D eigenvalue weighted by Gasteiger charge is -2.29. The number of rotatable bonds is 1. The Balaban J connectivity index is 1.63. The van der Waals surface area contributed by atoms with Crippen LogP contribution in [0.3, 0.4) is 0 Å². The van der Waals surface area contributed by atoms with Crippen LogP contribution < -0.4 is 5.32 Å². The normalized spacial score (nSPS) is 19.5. The molecule has 1 fully saturated rings. The summed E-state index contributed by atoms with van der Waals surface area (Å²) in [4.78, 5) is 14.4. The SMILES string of the molecule is Cc1cc(C)c2c3c(sc2n1)C(NC1CCN(C)CC1)=NC3. The van der Waals surface area contributed by atoms with Crippen LogP contribution >= 0.6 is 11.3 Å². The molecule has 0 unspecified atom stereocenters. The molecule has 4 nitrogen and oxygen atoms in total. The highest BCUT2D eigenvalue weighted by molar-refractivity contribution is 7.20. The van der Waals surface area contributed by atoms with Crippen molar-refractivity contribution in [1.82, 2.24) is 15.2 Å². The molecule has 2 aromatic rings. The number of aromatic nitrogens is 1. The Morgan fingerprint density at radius 1 is 1.27 bits per heavy atom. The fourth-order valence-electron chi connectivity index (χ4n) is 3.54. The van der Waals surface area contributed by atoms with E-state index in [9.17, 15) is 0 Å². The number of aliphatic imine (C=N–C) groups is 1. The van der Waals surface area contributed by atoms with E-state index >= 15 is 0 Å². The van der Waals surface area contributed by atoms with E-state index in [1.807, 2.05) is 0 Å². The second-order valence-electron chi connectivity index (χ2n) is 6.56. The van der Waals surface area contributed by atoms with Gasteiger partial charge in [0.25, 0.3) is 0 Å². The minimum atomic E-state index is 0.557. The molecule has 0 aliphatic carbocycles. The first-order chi connectivity index (χ1) is 10.6. The minimum absolute atomic E-state index is 0.557. The van der Waals surface area contributed by atoms with Crippen LogP contribution in [0.15, 0.2) is 11.1 Å². The van der Waals surface area contributed by atoms with E-state index in [1.165, 1.54) is 52.2 Å². The molecular formula is C17H22N4S. The summed E-state index contributed by atoms with van der Waals surface area (Å²) >= 11 is 1.80. The lowest BCUT2D eigenvalue weighted by Crippen LogP contribution is -2.43. The maximum atomic E-state index is 4.77. The summed E-state index contributed by atoms with van der Waals surface area (Å²) in [5.41, 5.74) is 3.81. The number of thiophene rings is 1. The molecule has 2 aliphatic heterocycles. The number of nitrogens with one attached hydrogen (secondary N) is 1. The Hall–Kier alpha value is -1.46. The van der Waals surface area contributed by atoms with Crippen LogP contribution in [0.4, 0.5) is 0 Å². The van der Waals surface area contributed by atoms with Crippen molar-refractivity contribution >= 4 is 27.4 Å². The summed E-state index contributed by atoms with van der Waals surface area (Å²) in [6.45, 7) is 7.40. The number of hydrogen-bond donors (Lipinski definition) is 1. The van der Waals surface area contributed by atoms with Crippen molar-refractivity contribution in [1.29, 1.82) is 0 Å². The molecular weight excluding hydrogens is 292 g/mol. The van der Waals surface area contributed by atoms with Gasteiger partial charge in [0.2, 0.25) is 0 Å². The molecule has 5 heteroatoms. The van der Waals surface area contributed by atoms with E-state index in [-0.39, 0.29) is 0 Å². The van der Waals surface area contributed by atoms with Crippen molar-refractivity contribution in [2.75, 3.05) is 20.1 Å². The van der Waals surface area contributed by atoms with E-state index < -0.39 is 0 Å². The summed E-state index contributed by atoms with van der Waals surface area (Å²) < 4.78 is 0. The van der Waals surface area contributed by atoms with Gasteiger partial charge in [-0.05, 0) is 58.5 Å². The first kappa shape index (κ1) is 14.2. The van der Waals surface area contributed by atoms with Crippen LogP contribution in [0.5, 0.6) is 0 Å². The monoisotopic (exact) mass is 314 g/mol. The van der Waals surface area contributed by atoms with Gasteiger partial charge in [0.1, 0.15) is 10.7 Å². The van der Waals surface area contributed by atoms with Gasteiger partial charge in [-0.3, -0.25) is 4.99 Å². The number of hydrogen-bond acceptors (Lipinski definition) is 5. The van der Waals surface area contributed by atoms with Crippen molar-refractivity contribution in [3.63, 3.8) is 0 Å². The van der Waals surface area contributed by atoms with Crippen molar-refractivity contribution in [2.45, 2.75) is 39.3 Å². The highest BCUT2D eigenvalue weighted by atomic mass is 32.1. The third kappa shape index (κ3) is 2.32. The average molecular weight is 314 g/mol. The van der Waals surface area contributed by atoms with Crippen LogP contribution in [-0.2, 0) is 6.54 Å². The summed E-state index contributed by atoms with van der Waals surface area (Å²) in [5, 5.41) is 5.02. The molecule has 116 valence electrons. The number of amidine groups is 1. The number of likely N-dealkylation sites (tertiary alicyclic amines) is 1. The molecule has 4 heterocycles. The van der Waals surface area contributed by atoms with Crippen molar-refractivity contribution < 1.29 is 0 Å². The molecule has 0 aromatic carbocycles. The number of fused-ring (bicyclic) bond motifs is 3. The summed E-state index contributed by atoms with van der Waals surface area (Å²) in [6, 6.07) is 2.74. The molecule has 0 spiro atoms. The highest BCUT2D eigenvalue weighted by Gasteiger charge is 2.26. The smallest absolute Gasteiger partial charge is 0.139 e. The molecule has 4 rings (SSSR count). The Labute approximate surface area is 135 Å². The van der Waals surface area contributed by atoms with E-state index in [4.69, 9.17) is 9.98 Å². The van der Waals surface area contributed by atoms with Crippen molar-refractivity contribution in [3.8, 4) is 0 Å². The number of aryl methyl sites for hydroxylation is 2. The van der Waals surface area contributed by atoms with Gasteiger partial charge in [-0.25, -0.2) is 4.98 Å². The maximum Gasteiger partial charge on any atom is 0.139 e. The molecule has 22 heavy (non-hydrogen) atoms. The van der Waals surface area contributed by atoms with E-state index in [0.717, 1.165) is 18.1 Å². The van der Waals surface area contributed by atoms with Gasteiger partial charge in [0.15, 0.2) is 0 Å². The maximum absolute atomic E-state index is 4.77. The molecule has 0 bridgehead atoms. The number of pyridine rings is 1. The first-order valence-corrected chi connectivity index (χ1v) is 8.83. The zero-order valence-corrected chi connectivity index (χ0v) is 14.3. The van der Waals surface area contributed by atoms with Gasteiger partial charge >= 0.3 is 0 Å². The number of nitrogens with zero attached hydrogens (tertiary/aromatic N) is 3. The Morgan fingerprint density at radius 3 is 2.82 bits per heavy atom. The van der Waals surface area contributed by atoms with Gasteiger partial charge in [0.05, 0.1) is 11.4 Å². The van der Waals surface area contributed by atoms with E-state index in [2.05, 4.69) is 37.2 Å². The van der Waals surface area contributed by atoms with Gasteiger partial charge in [-0.15, -0.1) is 11.3 Å². The lowest BCUT2D eigenvalue weighted by molar-refractivity contribution is 0.247. The molecule has 0 amide bonds. The summed E-state index contributed by atoms with van der Waals surface area (Å²) in [7, 11) is 2.20. The highest BCUT2D eigenvalue weighted by Crippen LogP contribution is 2.36. The molecule has 1 N–H and O–H groups in total. The van der Waals surface area contributed by atoms with Gasteiger partial charge in [0, 0.05) is 22.7 Å². The molecule has 2 aliphatic rings. The van der Waals surface area contributed by atoms with Gasteiger partial charge < -0.3 is 10.2 Å². The zero-order chi connectivity index (χ0) is 15.3. The van der Waals surface area contributed by atoms with Gasteiger partial charge in [-0.2, -0.15) is 0 Å². The summed E-state index contributed by atoms with van der Waals surface area (Å²) in [6.07, 6.45) is 2.40. The van der Waals surface area contributed by atoms with E-state index in [1.54, 1.807) is 11.3 Å². The second kappa shape index (κ2) is 5.32. The lowest BCUT2D eigenvalue weighted by atomic mass is 10.1. The minimum Gasteiger partial charge on any atom is -0.366 e. The van der Waals surface area contributed by atoms with Crippen molar-refractivity contribution in [2.24, 2.45) is 4.99 Å². The largest absolute Gasteiger partial charge is 0.366 e. The van der Waals surface area contributed by atoms with Crippen LogP contribution in [0.2, 0.25) is 0 Å². The average Bonchev–Trinajstić information content (AvgIpc) is 3.01. The fraction of sp³-hybridized carbons (Fsp3) is 0.529. The van der Waals surface area contributed by atoms with Crippen LogP contribution in [0.1, 0.15) is 34.5 Å². The Morgan fingerprint density at radius 2 is 2.05 bits per heavy atom. The third-order valence-corrected chi connectivity index (χ3v) is 5.89. The van der Waals surface area contributed by atoms with Gasteiger partial charge in [-0.1, -0.05) is 0 Å². The number of piperidine rings is 1. The van der Waals surface area contributed by atoms with Crippen LogP contribution in [-0.4, -0.2) is 41.9 Å². The quantitative estimate of drug-likeness (QED) is 0.880. The van der Waals surface area contributed by atoms with Crippen LogP contribution in [0, 0.1) is 13.8 Å².